The van der Waals surface area contributed by atoms with Crippen LogP contribution in [-0.4, -0.2) is 53.2 Å². The van der Waals surface area contributed by atoms with E-state index in [-0.39, 0.29) is 5.82 Å². The summed E-state index contributed by atoms with van der Waals surface area (Å²) in [5, 5.41) is 3.97. The minimum atomic E-state index is -0.267. The highest BCUT2D eigenvalue weighted by Crippen LogP contribution is 2.17. The van der Waals surface area contributed by atoms with Crippen LogP contribution in [0, 0.1) is 5.82 Å². The summed E-state index contributed by atoms with van der Waals surface area (Å²) in [5.74, 6) is 0.854. The average molecular weight is 290 g/mol. The van der Waals surface area contributed by atoms with Crippen LogP contribution in [0.15, 0.2) is 28.8 Å². The van der Waals surface area contributed by atoms with Gasteiger partial charge in [-0.1, -0.05) is 5.16 Å². The number of rotatable bonds is 3. The second-order valence-electron chi connectivity index (χ2n) is 5.45. The van der Waals surface area contributed by atoms with Crippen molar-refractivity contribution >= 4 is 0 Å². The first kappa shape index (κ1) is 14.2. The number of aromatic nitrogens is 2. The Bertz CT molecular complexity index is 584. The van der Waals surface area contributed by atoms with E-state index in [1.807, 2.05) is 0 Å². The van der Waals surface area contributed by atoms with Crippen molar-refractivity contribution in [3.63, 3.8) is 0 Å². The van der Waals surface area contributed by atoms with Gasteiger partial charge in [0.1, 0.15) is 5.82 Å². The van der Waals surface area contributed by atoms with Gasteiger partial charge in [0, 0.05) is 18.7 Å². The second kappa shape index (κ2) is 6.32. The summed E-state index contributed by atoms with van der Waals surface area (Å²) < 4.78 is 18.2. The number of hydrogen-bond acceptors (Lipinski definition) is 5. The lowest BCUT2D eigenvalue weighted by Crippen LogP contribution is -2.28. The maximum absolute atomic E-state index is 12.9. The molecule has 5 nitrogen and oxygen atoms in total. The Morgan fingerprint density at radius 2 is 1.95 bits per heavy atom. The molecule has 3 rings (SSSR count). The van der Waals surface area contributed by atoms with Crippen LogP contribution >= 0.6 is 0 Å². The maximum Gasteiger partial charge on any atom is 0.241 e. The summed E-state index contributed by atoms with van der Waals surface area (Å²) in [6, 6.07) is 6.11. The van der Waals surface area contributed by atoms with E-state index in [0.29, 0.717) is 18.3 Å². The molecular weight excluding hydrogens is 271 g/mol. The van der Waals surface area contributed by atoms with E-state index in [1.165, 1.54) is 12.1 Å². The topological polar surface area (TPSA) is 45.4 Å². The van der Waals surface area contributed by atoms with Gasteiger partial charge in [0.05, 0.1) is 6.54 Å². The highest BCUT2D eigenvalue weighted by Gasteiger charge is 2.16. The van der Waals surface area contributed by atoms with E-state index in [0.717, 1.165) is 38.2 Å². The molecule has 1 aromatic carbocycles. The molecule has 0 unspecified atom stereocenters. The van der Waals surface area contributed by atoms with Crippen molar-refractivity contribution in [1.82, 2.24) is 19.9 Å². The minimum absolute atomic E-state index is 0.267. The van der Waals surface area contributed by atoms with Gasteiger partial charge in [-0.15, -0.1) is 0 Å². The maximum atomic E-state index is 12.9. The molecule has 2 aromatic rings. The van der Waals surface area contributed by atoms with Gasteiger partial charge in [0.15, 0.2) is 0 Å². The predicted octanol–water partition coefficient (Wildman–Crippen LogP) is 2.01. The van der Waals surface area contributed by atoms with Crippen LogP contribution in [0.3, 0.4) is 0 Å². The predicted molar refractivity (Wildman–Crippen MR) is 77.1 cm³/mol. The SMILES string of the molecule is CN1CCCN(Cc2nc(-c3ccc(F)cc3)no2)CC1. The van der Waals surface area contributed by atoms with Crippen LogP contribution in [0.5, 0.6) is 0 Å². The summed E-state index contributed by atoms with van der Waals surface area (Å²) in [6.07, 6.45) is 1.15. The first-order valence-electron chi connectivity index (χ1n) is 7.20. The van der Waals surface area contributed by atoms with E-state index in [9.17, 15) is 4.39 Å². The average Bonchev–Trinajstić information content (AvgIpc) is 2.84. The molecule has 0 saturated carbocycles. The van der Waals surface area contributed by atoms with Gasteiger partial charge < -0.3 is 9.42 Å². The number of likely N-dealkylation sites (N-methyl/N-ethyl adjacent to an activating group) is 1. The monoisotopic (exact) mass is 290 g/mol. The molecule has 0 atom stereocenters. The summed E-state index contributed by atoms with van der Waals surface area (Å²) in [6.45, 7) is 4.89. The zero-order chi connectivity index (χ0) is 14.7. The molecule has 2 heterocycles. The van der Waals surface area contributed by atoms with Crippen molar-refractivity contribution in [2.75, 3.05) is 33.2 Å². The molecule has 0 radical (unpaired) electrons. The number of hydrogen-bond donors (Lipinski definition) is 0. The van der Waals surface area contributed by atoms with Crippen LogP contribution in [0.25, 0.3) is 11.4 Å². The second-order valence-corrected chi connectivity index (χ2v) is 5.45. The molecule has 1 saturated heterocycles. The van der Waals surface area contributed by atoms with E-state index < -0.39 is 0 Å². The van der Waals surface area contributed by atoms with Gasteiger partial charge in [0.2, 0.25) is 11.7 Å². The summed E-state index contributed by atoms with van der Waals surface area (Å²) in [4.78, 5) is 9.05. The molecule has 112 valence electrons. The van der Waals surface area contributed by atoms with Gasteiger partial charge in [-0.2, -0.15) is 4.98 Å². The van der Waals surface area contributed by atoms with E-state index >= 15 is 0 Å². The fraction of sp³-hybridized carbons (Fsp3) is 0.467. The molecule has 1 aromatic heterocycles. The van der Waals surface area contributed by atoms with Gasteiger partial charge >= 0.3 is 0 Å². The third kappa shape index (κ3) is 3.65. The van der Waals surface area contributed by atoms with Gasteiger partial charge in [-0.05, 0) is 50.8 Å². The Morgan fingerprint density at radius 1 is 1.14 bits per heavy atom. The lowest BCUT2D eigenvalue weighted by Gasteiger charge is -2.17. The molecular formula is C15H19FN4O. The van der Waals surface area contributed by atoms with Gasteiger partial charge in [-0.3, -0.25) is 4.90 Å². The first-order valence-corrected chi connectivity index (χ1v) is 7.20. The number of nitrogens with zero attached hydrogens (tertiary/aromatic N) is 4. The lowest BCUT2D eigenvalue weighted by molar-refractivity contribution is 0.231. The van der Waals surface area contributed by atoms with Crippen molar-refractivity contribution in [2.24, 2.45) is 0 Å². The summed E-state index contributed by atoms with van der Waals surface area (Å²) in [7, 11) is 2.14. The van der Waals surface area contributed by atoms with Crippen LogP contribution in [0.4, 0.5) is 4.39 Å². The van der Waals surface area contributed by atoms with Crippen molar-refractivity contribution in [1.29, 1.82) is 0 Å². The van der Waals surface area contributed by atoms with E-state index in [1.54, 1.807) is 12.1 Å². The molecule has 6 heteroatoms. The third-order valence-electron chi connectivity index (χ3n) is 3.74. The molecule has 1 aliphatic heterocycles. The zero-order valence-corrected chi connectivity index (χ0v) is 12.1. The van der Waals surface area contributed by atoms with Crippen molar-refractivity contribution < 1.29 is 8.91 Å². The third-order valence-corrected chi connectivity index (χ3v) is 3.74. The number of benzene rings is 1. The normalized spacial score (nSPS) is 17.8. The lowest BCUT2D eigenvalue weighted by atomic mass is 10.2. The largest absolute Gasteiger partial charge is 0.338 e. The Labute approximate surface area is 123 Å². The fourth-order valence-corrected chi connectivity index (χ4v) is 2.48. The highest BCUT2D eigenvalue weighted by atomic mass is 19.1. The molecule has 1 aliphatic rings. The molecule has 0 bridgehead atoms. The van der Waals surface area contributed by atoms with Crippen LogP contribution in [0.1, 0.15) is 12.3 Å². The fourth-order valence-electron chi connectivity index (χ4n) is 2.48. The highest BCUT2D eigenvalue weighted by molar-refractivity contribution is 5.53. The summed E-state index contributed by atoms with van der Waals surface area (Å²) >= 11 is 0. The van der Waals surface area contributed by atoms with Crippen molar-refractivity contribution in [3.05, 3.63) is 36.0 Å². The van der Waals surface area contributed by atoms with Crippen LogP contribution in [0.2, 0.25) is 0 Å². The van der Waals surface area contributed by atoms with Gasteiger partial charge in [0.25, 0.3) is 0 Å². The molecule has 0 N–H and O–H groups in total. The van der Waals surface area contributed by atoms with Crippen LogP contribution < -0.4 is 0 Å². The summed E-state index contributed by atoms with van der Waals surface area (Å²) in [5.41, 5.74) is 0.766. The number of halogens is 1. The molecule has 0 amide bonds. The Morgan fingerprint density at radius 3 is 2.76 bits per heavy atom. The Balaban J connectivity index is 1.66. The standard InChI is InChI=1S/C15H19FN4O/c1-19-7-2-8-20(10-9-19)11-14-17-15(18-21-14)12-3-5-13(16)6-4-12/h3-6H,2,7-11H2,1H3. The van der Waals surface area contributed by atoms with E-state index in [2.05, 4.69) is 27.0 Å². The molecule has 21 heavy (non-hydrogen) atoms. The van der Waals surface area contributed by atoms with Crippen molar-refractivity contribution in [3.8, 4) is 11.4 Å². The first-order chi connectivity index (χ1) is 10.2. The Hall–Kier alpha value is -1.79. The minimum Gasteiger partial charge on any atom is -0.338 e. The van der Waals surface area contributed by atoms with Gasteiger partial charge in [-0.25, -0.2) is 4.39 Å². The molecule has 0 spiro atoms. The molecule has 0 aliphatic carbocycles. The van der Waals surface area contributed by atoms with E-state index in [4.69, 9.17) is 4.52 Å². The molecule has 1 fully saturated rings. The van der Waals surface area contributed by atoms with Crippen LogP contribution in [-0.2, 0) is 6.54 Å². The quantitative estimate of drug-likeness (QED) is 0.865. The Kier molecular flexibility index (Phi) is 4.26. The smallest absolute Gasteiger partial charge is 0.241 e. The zero-order valence-electron chi connectivity index (χ0n) is 12.1. The van der Waals surface area contributed by atoms with Crippen molar-refractivity contribution in [2.45, 2.75) is 13.0 Å².